The minimum Gasteiger partial charge on any atom is -0.457 e. The molecule has 69 heavy (non-hydrogen) atoms. The monoisotopic (exact) mass is 914 g/mol. The fraction of sp³-hybridized carbons (Fsp3) is 0. The molecule has 0 amide bonds. The molecule has 5 nitrogen and oxygen atoms in total. The van der Waals surface area contributed by atoms with Crippen LogP contribution in [0.4, 0.5) is 0 Å². The van der Waals surface area contributed by atoms with Crippen molar-refractivity contribution < 1.29 is 4.74 Å². The van der Waals surface area contributed by atoms with Crippen LogP contribution in [0.1, 0.15) is 0 Å². The molecule has 0 spiro atoms. The fourth-order valence-electron chi connectivity index (χ4n) is 11.9. The Bertz CT molecular complexity index is 4040. The number of imidazole rings is 1. The van der Waals surface area contributed by atoms with E-state index in [1.807, 2.05) is 12.4 Å². The number of hydrogen-bond acceptors (Lipinski definition) is 3. The maximum Gasteiger partial charge on any atom is 0.188 e. The zero-order valence-electron chi connectivity index (χ0n) is 37.4. The van der Waals surface area contributed by atoms with E-state index in [0.717, 1.165) is 55.7 Å². The van der Waals surface area contributed by atoms with Crippen molar-refractivity contribution in [3.63, 3.8) is 0 Å². The highest BCUT2D eigenvalue weighted by Crippen LogP contribution is 2.41. The molecule has 9 aromatic carbocycles. The minimum atomic E-state index is -3.08. The van der Waals surface area contributed by atoms with Crippen molar-refractivity contribution >= 4 is 107 Å². The number of pyridine rings is 2. The molecule has 0 saturated carbocycles. The fourth-order valence-corrected chi connectivity index (χ4v) is 21.7. The standard InChI is InChI=1S/C62H42N4OSi2/c1-5-20-44(21-6-1)68(45-22-7-2-8-23-45,49-34-35-50-51-29-13-14-31-54(51)65-40-39-64-61(65)53(50)42-49)48-28-17-19-43(41-48)66-55-36-37-58-60(59(55)52-30-18-38-63-62(52)66)67-56-32-15-16-33-57(56)69(58,46-24-9-3-10-25-46)47-26-11-4-12-27-47/h1-42H. The molecule has 5 heterocycles. The van der Waals surface area contributed by atoms with E-state index in [2.05, 4.69) is 252 Å². The molecule has 0 bridgehead atoms. The number of ether oxygens (including phenoxy) is 1. The van der Waals surface area contributed by atoms with Gasteiger partial charge < -0.3 is 4.74 Å². The van der Waals surface area contributed by atoms with Gasteiger partial charge >= 0.3 is 0 Å². The largest absolute Gasteiger partial charge is 0.457 e. The number of hydrogen-bond donors (Lipinski definition) is 0. The lowest BCUT2D eigenvalue weighted by molar-refractivity contribution is 0.493. The van der Waals surface area contributed by atoms with E-state index >= 15 is 0 Å². The molecule has 13 aromatic rings. The van der Waals surface area contributed by atoms with Gasteiger partial charge in [-0.15, -0.1) is 0 Å². The van der Waals surface area contributed by atoms with Crippen LogP contribution in [-0.2, 0) is 0 Å². The number of benzene rings is 9. The van der Waals surface area contributed by atoms with E-state index in [-0.39, 0.29) is 0 Å². The molecule has 0 atom stereocenters. The second kappa shape index (κ2) is 15.5. The van der Waals surface area contributed by atoms with E-state index in [0.29, 0.717) is 0 Å². The van der Waals surface area contributed by atoms with Gasteiger partial charge in [0.15, 0.2) is 16.1 Å². The SMILES string of the molecule is c1ccc([Si](c2ccccc2)(c2cccc(-n3c4ccc5c(c4c4cccnc43)Oc3ccccc3[Si]5(c3ccccc3)c3ccccc3)c2)c2ccc3c4ccccc4n4ccnc4c3c2)cc1. The lowest BCUT2D eigenvalue weighted by atomic mass is 10.1. The van der Waals surface area contributed by atoms with E-state index in [4.69, 9.17) is 14.7 Å². The van der Waals surface area contributed by atoms with Crippen LogP contribution in [0, 0.1) is 0 Å². The number of fused-ring (bicyclic) bond motifs is 12. The molecule has 4 aromatic heterocycles. The molecule has 1 aliphatic rings. The first kappa shape index (κ1) is 39.5. The van der Waals surface area contributed by atoms with Gasteiger partial charge in [-0.1, -0.05) is 194 Å². The molecular weight excluding hydrogens is 873 g/mol. The summed E-state index contributed by atoms with van der Waals surface area (Å²) in [5.41, 5.74) is 5.09. The van der Waals surface area contributed by atoms with Crippen LogP contribution in [0.3, 0.4) is 0 Å². The van der Waals surface area contributed by atoms with Crippen molar-refractivity contribution in [3.8, 4) is 17.2 Å². The number of rotatable bonds is 7. The number of para-hydroxylation sites is 2. The normalized spacial score (nSPS) is 13.2. The molecule has 14 rings (SSSR count). The first-order valence-corrected chi connectivity index (χ1v) is 27.6. The average Bonchev–Trinajstić information content (AvgIpc) is 4.06. The van der Waals surface area contributed by atoms with E-state index in [1.54, 1.807) is 0 Å². The summed E-state index contributed by atoms with van der Waals surface area (Å²) in [6.45, 7) is 0. The first-order valence-electron chi connectivity index (χ1n) is 23.6. The highest BCUT2D eigenvalue weighted by atomic mass is 28.3. The van der Waals surface area contributed by atoms with Crippen LogP contribution in [0.5, 0.6) is 11.5 Å². The zero-order valence-corrected chi connectivity index (χ0v) is 39.4. The van der Waals surface area contributed by atoms with Crippen molar-refractivity contribution in [3.05, 3.63) is 255 Å². The summed E-state index contributed by atoms with van der Waals surface area (Å²) in [6, 6.07) is 87.4. The lowest BCUT2D eigenvalue weighted by Gasteiger charge is -2.39. The highest BCUT2D eigenvalue weighted by molar-refractivity contribution is 7.21. The highest BCUT2D eigenvalue weighted by Gasteiger charge is 2.49. The third-order valence-electron chi connectivity index (χ3n) is 14.7. The van der Waals surface area contributed by atoms with Gasteiger partial charge in [0.2, 0.25) is 0 Å². The quantitative estimate of drug-likeness (QED) is 0.0912. The van der Waals surface area contributed by atoms with Gasteiger partial charge in [0, 0.05) is 40.4 Å². The smallest absolute Gasteiger partial charge is 0.188 e. The van der Waals surface area contributed by atoms with Crippen molar-refractivity contribution in [2.75, 3.05) is 0 Å². The summed E-state index contributed by atoms with van der Waals surface area (Å²) in [6.07, 6.45) is 5.92. The van der Waals surface area contributed by atoms with Gasteiger partial charge in [-0.25, -0.2) is 9.97 Å². The number of aromatic nitrogens is 4. The predicted octanol–water partition coefficient (Wildman–Crippen LogP) is 8.99. The third-order valence-corrected chi connectivity index (χ3v) is 24.3. The average molecular weight is 915 g/mol. The molecule has 324 valence electrons. The van der Waals surface area contributed by atoms with Crippen LogP contribution in [0.2, 0.25) is 0 Å². The van der Waals surface area contributed by atoms with Gasteiger partial charge in [0.1, 0.15) is 22.8 Å². The molecule has 0 saturated heterocycles. The molecule has 7 heteroatoms. The van der Waals surface area contributed by atoms with Gasteiger partial charge in [-0.3, -0.25) is 8.97 Å². The lowest BCUT2D eigenvalue weighted by Crippen LogP contribution is -2.76. The van der Waals surface area contributed by atoms with Gasteiger partial charge in [0.25, 0.3) is 0 Å². The zero-order chi connectivity index (χ0) is 45.5. The van der Waals surface area contributed by atoms with Crippen LogP contribution in [-0.4, -0.2) is 35.1 Å². The molecule has 0 fully saturated rings. The Balaban J connectivity index is 1.05. The second-order valence-electron chi connectivity index (χ2n) is 18.1. The van der Waals surface area contributed by atoms with Gasteiger partial charge in [-0.2, -0.15) is 0 Å². The Morgan fingerprint density at radius 3 is 1.78 bits per heavy atom. The maximum absolute atomic E-state index is 7.28. The summed E-state index contributed by atoms with van der Waals surface area (Å²) in [5.74, 6) is 1.81. The summed E-state index contributed by atoms with van der Waals surface area (Å²) >= 11 is 0. The predicted molar refractivity (Wildman–Crippen MR) is 290 cm³/mol. The van der Waals surface area contributed by atoms with E-state index in [9.17, 15) is 0 Å². The van der Waals surface area contributed by atoms with Crippen molar-refractivity contribution in [2.24, 2.45) is 0 Å². The van der Waals surface area contributed by atoms with Crippen molar-refractivity contribution in [2.45, 2.75) is 0 Å². The van der Waals surface area contributed by atoms with Crippen LogP contribution >= 0.6 is 0 Å². The summed E-state index contributed by atoms with van der Waals surface area (Å²) in [7, 11) is -5.98. The Labute approximate surface area is 400 Å². The Kier molecular flexibility index (Phi) is 8.86. The Morgan fingerprint density at radius 1 is 0.406 bits per heavy atom. The topological polar surface area (TPSA) is 44.4 Å². The molecule has 1 aliphatic heterocycles. The molecule has 0 N–H and O–H groups in total. The second-order valence-corrected chi connectivity index (χ2v) is 25.6. The summed E-state index contributed by atoms with van der Waals surface area (Å²) in [4.78, 5) is 10.2. The van der Waals surface area contributed by atoms with Crippen LogP contribution in [0.25, 0.3) is 54.9 Å². The van der Waals surface area contributed by atoms with Crippen molar-refractivity contribution in [1.29, 1.82) is 0 Å². The maximum atomic E-state index is 7.28. The third kappa shape index (κ3) is 5.63. The van der Waals surface area contributed by atoms with Crippen LogP contribution in [0.15, 0.2) is 255 Å². The van der Waals surface area contributed by atoms with E-state index in [1.165, 1.54) is 52.3 Å². The summed E-state index contributed by atoms with van der Waals surface area (Å²) < 4.78 is 11.9. The number of nitrogens with zero attached hydrogens (tertiary/aromatic N) is 4. The Morgan fingerprint density at radius 2 is 1.03 bits per heavy atom. The molecule has 0 aliphatic carbocycles. The minimum absolute atomic E-state index is 0.887. The van der Waals surface area contributed by atoms with E-state index < -0.39 is 16.1 Å². The van der Waals surface area contributed by atoms with Gasteiger partial charge in [0.05, 0.1) is 16.4 Å². The van der Waals surface area contributed by atoms with Gasteiger partial charge in [-0.05, 0) is 89.3 Å². The molecule has 0 radical (unpaired) electrons. The Hall–Kier alpha value is -8.63. The molecule has 0 unspecified atom stereocenters. The molecular formula is C62H42N4OSi2. The summed E-state index contributed by atoms with van der Waals surface area (Å²) in [5, 5.41) is 16.0. The van der Waals surface area contributed by atoms with Crippen molar-refractivity contribution in [1.82, 2.24) is 18.9 Å². The van der Waals surface area contributed by atoms with Crippen LogP contribution < -0.4 is 46.2 Å². The first-order chi connectivity index (χ1) is 34.2.